The minimum atomic E-state index is -0.149. The van der Waals surface area contributed by atoms with Crippen molar-refractivity contribution in [2.45, 2.75) is 18.9 Å². The number of thiophene rings is 1. The first-order valence-corrected chi connectivity index (χ1v) is 8.97. The highest BCUT2D eigenvalue weighted by Gasteiger charge is 2.28. The predicted octanol–water partition coefficient (Wildman–Crippen LogP) is 3.25. The number of benzene rings is 1. The molecule has 1 aliphatic rings. The number of likely N-dealkylation sites (N-methyl/N-ethyl adjacent to an activating group) is 1. The van der Waals surface area contributed by atoms with Crippen LogP contribution in [0.1, 0.15) is 32.9 Å². The van der Waals surface area contributed by atoms with Crippen molar-refractivity contribution in [3.8, 4) is 0 Å². The fourth-order valence-electron chi connectivity index (χ4n) is 3.05. The number of rotatable bonds is 5. The van der Waals surface area contributed by atoms with E-state index < -0.39 is 0 Å². The van der Waals surface area contributed by atoms with Crippen LogP contribution in [-0.4, -0.2) is 42.9 Å². The second kappa shape index (κ2) is 8.99. The summed E-state index contributed by atoms with van der Waals surface area (Å²) in [5.74, 6) is -0.121. The van der Waals surface area contributed by atoms with Crippen LogP contribution in [0.5, 0.6) is 0 Å². The third kappa shape index (κ3) is 4.60. The van der Waals surface area contributed by atoms with Gasteiger partial charge >= 0.3 is 0 Å². The average Bonchev–Trinajstić information content (AvgIpc) is 3.26. The molecule has 0 spiro atoms. The van der Waals surface area contributed by atoms with E-state index in [2.05, 4.69) is 10.6 Å². The number of carbonyl (C=O) groups is 2. The predicted molar refractivity (Wildman–Crippen MR) is 104 cm³/mol. The van der Waals surface area contributed by atoms with Crippen molar-refractivity contribution in [2.75, 3.05) is 25.5 Å². The monoisotopic (exact) mass is 379 g/mol. The van der Waals surface area contributed by atoms with Crippen molar-refractivity contribution in [1.82, 2.24) is 10.2 Å². The summed E-state index contributed by atoms with van der Waals surface area (Å²) in [4.78, 5) is 27.5. The Morgan fingerprint density at radius 1 is 1.28 bits per heavy atom. The Balaban J connectivity index is 0.00000225. The number of nitrogens with zero attached hydrogens (tertiary/aromatic N) is 1. The van der Waals surface area contributed by atoms with E-state index in [-0.39, 0.29) is 30.3 Å². The lowest BCUT2D eigenvalue weighted by Gasteiger charge is -2.24. The van der Waals surface area contributed by atoms with Gasteiger partial charge in [0.05, 0.1) is 4.88 Å². The molecule has 1 fully saturated rings. The topological polar surface area (TPSA) is 61.4 Å². The zero-order valence-corrected chi connectivity index (χ0v) is 15.7. The molecule has 25 heavy (non-hydrogen) atoms. The summed E-state index contributed by atoms with van der Waals surface area (Å²) in [6, 6.07) is 11.0. The van der Waals surface area contributed by atoms with Gasteiger partial charge in [-0.2, -0.15) is 0 Å². The molecule has 7 heteroatoms. The quantitative estimate of drug-likeness (QED) is 0.838. The molecule has 0 aliphatic carbocycles. The Morgan fingerprint density at radius 2 is 2.12 bits per heavy atom. The molecule has 5 nitrogen and oxygen atoms in total. The molecule has 2 N–H and O–H groups in total. The Kier molecular flexibility index (Phi) is 6.99. The Labute approximate surface area is 157 Å². The fraction of sp³-hybridized carbons (Fsp3) is 0.333. The SMILES string of the molecule is CNCC1CCCN1C(=O)c1cccc(NC(=O)c2cccs2)c1.Cl. The summed E-state index contributed by atoms with van der Waals surface area (Å²) in [6.45, 7) is 1.59. The van der Waals surface area contributed by atoms with E-state index in [1.165, 1.54) is 11.3 Å². The van der Waals surface area contributed by atoms with Gasteiger partial charge in [0.2, 0.25) is 0 Å². The van der Waals surface area contributed by atoms with Crippen LogP contribution in [0, 0.1) is 0 Å². The summed E-state index contributed by atoms with van der Waals surface area (Å²) in [6.07, 6.45) is 2.06. The van der Waals surface area contributed by atoms with Crippen LogP contribution in [0.25, 0.3) is 0 Å². The van der Waals surface area contributed by atoms with Crippen LogP contribution in [0.15, 0.2) is 41.8 Å². The molecule has 1 aromatic heterocycles. The summed E-state index contributed by atoms with van der Waals surface area (Å²) >= 11 is 1.39. The van der Waals surface area contributed by atoms with E-state index in [9.17, 15) is 9.59 Å². The molecule has 1 saturated heterocycles. The highest BCUT2D eigenvalue weighted by Crippen LogP contribution is 2.21. The van der Waals surface area contributed by atoms with Gasteiger partial charge in [0.1, 0.15) is 0 Å². The van der Waals surface area contributed by atoms with Gasteiger partial charge in [0.25, 0.3) is 11.8 Å². The maximum absolute atomic E-state index is 12.8. The molecular weight excluding hydrogens is 358 g/mol. The highest BCUT2D eigenvalue weighted by atomic mass is 35.5. The molecule has 2 heterocycles. The molecular formula is C18H22ClN3O2S. The number of hydrogen-bond donors (Lipinski definition) is 2. The van der Waals surface area contributed by atoms with Gasteiger partial charge < -0.3 is 15.5 Å². The number of nitrogens with one attached hydrogen (secondary N) is 2. The van der Waals surface area contributed by atoms with Gasteiger partial charge in [0, 0.05) is 30.4 Å². The molecule has 1 unspecified atom stereocenters. The summed E-state index contributed by atoms with van der Waals surface area (Å²) in [7, 11) is 1.90. The Bertz CT molecular complexity index is 721. The smallest absolute Gasteiger partial charge is 0.265 e. The first kappa shape index (κ1) is 19.4. The van der Waals surface area contributed by atoms with Crippen LogP contribution >= 0.6 is 23.7 Å². The van der Waals surface area contributed by atoms with Gasteiger partial charge in [-0.15, -0.1) is 23.7 Å². The van der Waals surface area contributed by atoms with Crippen LogP contribution in [0.4, 0.5) is 5.69 Å². The number of hydrogen-bond acceptors (Lipinski definition) is 4. The lowest BCUT2D eigenvalue weighted by Crippen LogP contribution is -2.40. The van der Waals surface area contributed by atoms with E-state index in [0.717, 1.165) is 25.9 Å². The summed E-state index contributed by atoms with van der Waals surface area (Å²) in [5.41, 5.74) is 1.26. The maximum atomic E-state index is 12.8. The Morgan fingerprint density at radius 3 is 2.84 bits per heavy atom. The fourth-order valence-corrected chi connectivity index (χ4v) is 3.67. The lowest BCUT2D eigenvalue weighted by atomic mass is 10.1. The summed E-state index contributed by atoms with van der Waals surface area (Å²) in [5, 5.41) is 7.87. The molecule has 134 valence electrons. The molecule has 3 rings (SSSR count). The number of carbonyl (C=O) groups excluding carboxylic acids is 2. The van der Waals surface area contributed by atoms with Crippen molar-refractivity contribution in [2.24, 2.45) is 0 Å². The summed E-state index contributed by atoms with van der Waals surface area (Å²) < 4.78 is 0. The van der Waals surface area contributed by atoms with E-state index >= 15 is 0 Å². The van der Waals surface area contributed by atoms with Crippen molar-refractivity contribution >= 4 is 41.2 Å². The van der Waals surface area contributed by atoms with Crippen LogP contribution in [-0.2, 0) is 0 Å². The molecule has 1 atom stereocenters. The van der Waals surface area contributed by atoms with Crippen molar-refractivity contribution in [1.29, 1.82) is 0 Å². The Hall–Kier alpha value is -1.89. The molecule has 2 aromatic rings. The lowest BCUT2D eigenvalue weighted by molar-refractivity contribution is 0.0736. The molecule has 2 amide bonds. The maximum Gasteiger partial charge on any atom is 0.265 e. The van der Waals surface area contributed by atoms with Gasteiger partial charge in [0.15, 0.2) is 0 Å². The van der Waals surface area contributed by atoms with Gasteiger partial charge in [-0.05, 0) is 49.5 Å². The van der Waals surface area contributed by atoms with Crippen molar-refractivity contribution in [3.05, 3.63) is 52.2 Å². The van der Waals surface area contributed by atoms with E-state index in [1.54, 1.807) is 30.3 Å². The standard InChI is InChI=1S/C18H21N3O2S.ClH/c1-19-12-15-7-3-9-21(15)18(23)13-5-2-6-14(11-13)20-17(22)16-8-4-10-24-16;/h2,4-6,8,10-11,15,19H,3,7,9,12H2,1H3,(H,20,22);1H. The third-order valence-corrected chi connectivity index (χ3v) is 5.06. The average molecular weight is 380 g/mol. The molecule has 0 saturated carbocycles. The molecule has 0 bridgehead atoms. The highest BCUT2D eigenvalue weighted by molar-refractivity contribution is 7.12. The second-order valence-corrected chi connectivity index (χ2v) is 6.81. The van der Waals surface area contributed by atoms with Crippen molar-refractivity contribution in [3.63, 3.8) is 0 Å². The third-order valence-electron chi connectivity index (χ3n) is 4.19. The number of amides is 2. The second-order valence-electron chi connectivity index (χ2n) is 5.86. The van der Waals surface area contributed by atoms with Crippen molar-refractivity contribution < 1.29 is 9.59 Å². The molecule has 0 radical (unpaired) electrons. The van der Waals surface area contributed by atoms with Gasteiger partial charge in [-0.1, -0.05) is 12.1 Å². The van der Waals surface area contributed by atoms with E-state index in [1.807, 2.05) is 23.4 Å². The van der Waals surface area contributed by atoms with Crippen LogP contribution < -0.4 is 10.6 Å². The normalized spacial score (nSPS) is 16.4. The molecule has 1 aliphatic heterocycles. The number of halogens is 1. The molecule has 1 aromatic carbocycles. The van der Waals surface area contributed by atoms with E-state index in [0.29, 0.717) is 16.1 Å². The van der Waals surface area contributed by atoms with Gasteiger partial charge in [-0.3, -0.25) is 9.59 Å². The largest absolute Gasteiger partial charge is 0.334 e. The van der Waals surface area contributed by atoms with Crippen LogP contribution in [0.2, 0.25) is 0 Å². The minimum absolute atomic E-state index is 0. The number of anilines is 1. The van der Waals surface area contributed by atoms with Gasteiger partial charge in [-0.25, -0.2) is 0 Å². The number of likely N-dealkylation sites (tertiary alicyclic amines) is 1. The first-order valence-electron chi connectivity index (χ1n) is 8.09. The van der Waals surface area contributed by atoms with Crippen LogP contribution in [0.3, 0.4) is 0 Å². The minimum Gasteiger partial charge on any atom is -0.334 e. The van der Waals surface area contributed by atoms with E-state index in [4.69, 9.17) is 0 Å². The zero-order chi connectivity index (χ0) is 16.9. The first-order chi connectivity index (χ1) is 11.7. The zero-order valence-electron chi connectivity index (χ0n) is 14.0.